The van der Waals surface area contributed by atoms with Gasteiger partial charge in [-0.15, -0.1) is 0 Å². The summed E-state index contributed by atoms with van der Waals surface area (Å²) >= 11 is 0. The van der Waals surface area contributed by atoms with Gasteiger partial charge >= 0.3 is 0 Å². The minimum absolute atomic E-state index is 0.287. The molecule has 0 aromatic carbocycles. The van der Waals surface area contributed by atoms with Crippen LogP contribution in [-0.4, -0.2) is 18.9 Å². The van der Waals surface area contributed by atoms with E-state index in [0.29, 0.717) is 5.78 Å². The summed E-state index contributed by atoms with van der Waals surface area (Å²) in [6, 6.07) is 0. The van der Waals surface area contributed by atoms with E-state index >= 15 is 0 Å². The number of ketones is 1. The Balaban J connectivity index is 2.35. The number of rotatable bonds is 3. The van der Waals surface area contributed by atoms with E-state index in [9.17, 15) is 4.79 Å². The highest BCUT2D eigenvalue weighted by molar-refractivity contribution is 5.78. The molecule has 0 amide bonds. The fourth-order valence-electron chi connectivity index (χ4n) is 1.97. The molecule has 0 aromatic heterocycles. The number of Topliss-reactive ketones (excluding diaryl/α,β-unsaturated/α-hetero) is 1. The van der Waals surface area contributed by atoms with Gasteiger partial charge in [-0.1, -0.05) is 13.3 Å². The van der Waals surface area contributed by atoms with Crippen LogP contribution in [0.2, 0.25) is 0 Å². The third-order valence-corrected chi connectivity index (χ3v) is 2.71. The van der Waals surface area contributed by atoms with E-state index in [2.05, 4.69) is 12.2 Å². The molecule has 0 bridgehead atoms. The quantitative estimate of drug-likeness (QED) is 0.695. The van der Waals surface area contributed by atoms with Crippen LogP contribution in [-0.2, 0) is 4.79 Å². The fraction of sp³-hybridized carbons (Fsp3) is 0.900. The smallest absolute Gasteiger partial charge is 0.134 e. The normalized spacial score (nSPS) is 30.2. The fourth-order valence-corrected chi connectivity index (χ4v) is 1.97. The van der Waals surface area contributed by atoms with E-state index in [-0.39, 0.29) is 5.92 Å². The van der Waals surface area contributed by atoms with Gasteiger partial charge < -0.3 is 5.32 Å². The van der Waals surface area contributed by atoms with Crippen molar-refractivity contribution in [2.45, 2.75) is 33.1 Å². The maximum atomic E-state index is 11.1. The Hall–Kier alpha value is -0.370. The highest BCUT2D eigenvalue weighted by atomic mass is 16.1. The zero-order valence-corrected chi connectivity index (χ0v) is 8.10. The van der Waals surface area contributed by atoms with Gasteiger partial charge in [0.05, 0.1) is 0 Å². The van der Waals surface area contributed by atoms with Gasteiger partial charge in [-0.2, -0.15) is 0 Å². The van der Waals surface area contributed by atoms with Crippen molar-refractivity contribution in [3.63, 3.8) is 0 Å². The number of nitrogens with one attached hydrogen (secondary N) is 1. The first-order chi connectivity index (χ1) is 5.74. The van der Waals surface area contributed by atoms with Gasteiger partial charge in [0.25, 0.3) is 0 Å². The summed E-state index contributed by atoms with van der Waals surface area (Å²) in [6.07, 6.45) is 3.60. The molecule has 0 saturated carbocycles. The SMILES string of the molecule is CCCC1CNCC(C(C)=O)C1. The van der Waals surface area contributed by atoms with Crippen LogP contribution in [0.5, 0.6) is 0 Å². The van der Waals surface area contributed by atoms with Crippen LogP contribution in [0.3, 0.4) is 0 Å². The lowest BCUT2D eigenvalue weighted by Crippen LogP contribution is -2.38. The first kappa shape index (κ1) is 9.72. The highest BCUT2D eigenvalue weighted by Crippen LogP contribution is 2.20. The summed E-state index contributed by atoms with van der Waals surface area (Å²) in [5.74, 6) is 1.37. The molecule has 0 aliphatic carbocycles. The molecule has 1 N–H and O–H groups in total. The van der Waals surface area contributed by atoms with Gasteiger partial charge in [0.2, 0.25) is 0 Å². The zero-order valence-electron chi connectivity index (χ0n) is 8.10. The van der Waals surface area contributed by atoms with Crippen molar-refractivity contribution in [3.05, 3.63) is 0 Å². The Morgan fingerprint density at radius 1 is 1.50 bits per heavy atom. The molecule has 2 heteroatoms. The molecule has 1 saturated heterocycles. The van der Waals surface area contributed by atoms with E-state index in [1.807, 2.05) is 0 Å². The maximum Gasteiger partial charge on any atom is 0.134 e. The summed E-state index contributed by atoms with van der Waals surface area (Å²) in [7, 11) is 0. The van der Waals surface area contributed by atoms with Gasteiger partial charge in [-0.05, 0) is 32.2 Å². The number of hydrogen-bond acceptors (Lipinski definition) is 2. The van der Waals surface area contributed by atoms with Crippen LogP contribution in [0.4, 0.5) is 0 Å². The van der Waals surface area contributed by atoms with Crippen LogP contribution < -0.4 is 5.32 Å². The van der Waals surface area contributed by atoms with Crippen molar-refractivity contribution in [1.82, 2.24) is 5.32 Å². The molecule has 1 fully saturated rings. The molecule has 0 spiro atoms. The highest BCUT2D eigenvalue weighted by Gasteiger charge is 2.23. The number of hydrogen-bond donors (Lipinski definition) is 1. The number of carbonyl (C=O) groups excluding carboxylic acids is 1. The van der Waals surface area contributed by atoms with Crippen LogP contribution in [0.25, 0.3) is 0 Å². The molecule has 12 heavy (non-hydrogen) atoms. The summed E-state index contributed by atoms with van der Waals surface area (Å²) in [5, 5.41) is 3.33. The Labute approximate surface area is 74.7 Å². The molecular formula is C10H19NO. The molecular weight excluding hydrogens is 150 g/mol. The van der Waals surface area contributed by atoms with E-state index in [0.717, 1.165) is 25.4 Å². The Kier molecular flexibility index (Phi) is 3.73. The van der Waals surface area contributed by atoms with E-state index in [1.165, 1.54) is 12.8 Å². The van der Waals surface area contributed by atoms with Gasteiger partial charge in [-0.25, -0.2) is 0 Å². The standard InChI is InChI=1S/C10H19NO/c1-3-4-9-5-10(8(2)12)7-11-6-9/h9-11H,3-7H2,1-2H3. The second-order valence-electron chi connectivity index (χ2n) is 3.86. The Morgan fingerprint density at radius 3 is 2.83 bits per heavy atom. The molecule has 2 nitrogen and oxygen atoms in total. The minimum atomic E-state index is 0.287. The first-order valence-electron chi connectivity index (χ1n) is 4.95. The van der Waals surface area contributed by atoms with Crippen LogP contribution >= 0.6 is 0 Å². The summed E-state index contributed by atoms with van der Waals surface area (Å²) < 4.78 is 0. The molecule has 2 unspecified atom stereocenters. The second-order valence-corrected chi connectivity index (χ2v) is 3.86. The largest absolute Gasteiger partial charge is 0.316 e. The first-order valence-corrected chi connectivity index (χ1v) is 4.95. The molecule has 2 atom stereocenters. The molecule has 0 radical (unpaired) electrons. The average Bonchev–Trinajstić information content (AvgIpc) is 2.05. The maximum absolute atomic E-state index is 11.1. The predicted molar refractivity (Wildman–Crippen MR) is 50.1 cm³/mol. The third-order valence-electron chi connectivity index (χ3n) is 2.71. The van der Waals surface area contributed by atoms with Crippen molar-refractivity contribution in [2.24, 2.45) is 11.8 Å². The third kappa shape index (κ3) is 2.59. The molecule has 1 rings (SSSR count). The van der Waals surface area contributed by atoms with Gasteiger partial charge in [0.15, 0.2) is 0 Å². The van der Waals surface area contributed by atoms with Gasteiger partial charge in [0, 0.05) is 12.5 Å². The number of carbonyl (C=O) groups is 1. The van der Waals surface area contributed by atoms with Crippen molar-refractivity contribution in [1.29, 1.82) is 0 Å². The Bertz CT molecular complexity index is 154. The van der Waals surface area contributed by atoms with Crippen molar-refractivity contribution in [3.8, 4) is 0 Å². The molecule has 1 heterocycles. The lowest BCUT2D eigenvalue weighted by atomic mass is 9.86. The van der Waals surface area contributed by atoms with Crippen LogP contribution in [0.1, 0.15) is 33.1 Å². The zero-order chi connectivity index (χ0) is 8.97. The number of piperidine rings is 1. The molecule has 1 aliphatic rings. The minimum Gasteiger partial charge on any atom is -0.316 e. The van der Waals surface area contributed by atoms with Crippen LogP contribution in [0.15, 0.2) is 0 Å². The summed E-state index contributed by atoms with van der Waals surface area (Å²) in [6.45, 7) is 5.92. The lowest BCUT2D eigenvalue weighted by Gasteiger charge is -2.28. The summed E-state index contributed by atoms with van der Waals surface area (Å²) in [4.78, 5) is 11.1. The average molecular weight is 169 g/mol. The topological polar surface area (TPSA) is 29.1 Å². The predicted octanol–water partition coefficient (Wildman–Crippen LogP) is 1.60. The monoisotopic (exact) mass is 169 g/mol. The van der Waals surface area contributed by atoms with E-state index in [4.69, 9.17) is 0 Å². The summed E-state index contributed by atoms with van der Waals surface area (Å²) in [5.41, 5.74) is 0. The van der Waals surface area contributed by atoms with E-state index in [1.54, 1.807) is 6.92 Å². The lowest BCUT2D eigenvalue weighted by molar-refractivity contribution is -0.121. The van der Waals surface area contributed by atoms with Crippen LogP contribution in [0, 0.1) is 11.8 Å². The Morgan fingerprint density at radius 2 is 2.25 bits per heavy atom. The molecule has 1 aliphatic heterocycles. The van der Waals surface area contributed by atoms with Crippen molar-refractivity contribution < 1.29 is 4.79 Å². The molecule has 70 valence electrons. The second kappa shape index (κ2) is 4.61. The van der Waals surface area contributed by atoms with E-state index < -0.39 is 0 Å². The van der Waals surface area contributed by atoms with Crippen molar-refractivity contribution in [2.75, 3.05) is 13.1 Å². The molecule has 0 aromatic rings. The van der Waals surface area contributed by atoms with Crippen molar-refractivity contribution >= 4 is 5.78 Å². The van der Waals surface area contributed by atoms with Gasteiger partial charge in [0.1, 0.15) is 5.78 Å². The van der Waals surface area contributed by atoms with Gasteiger partial charge in [-0.3, -0.25) is 4.79 Å².